The normalized spacial score (nSPS) is 21.2. The average molecular weight is 357 g/mol. The van der Waals surface area contributed by atoms with E-state index in [4.69, 9.17) is 0 Å². The molecule has 2 aliphatic rings. The topological polar surface area (TPSA) is 54.3 Å². The van der Waals surface area contributed by atoms with E-state index in [1.165, 1.54) is 16.2 Å². The smallest absolute Gasteiger partial charge is 0.250 e. The standard InChI is InChI=1S/C19H23N3O2S/c23-17-3-1-2-9-21(17)13-18(24)22(12-15-4-10-25-14-15)16-11-19(16)5-7-20-8-6-19/h1-4,9-10,14,16,20H,5-8,11-13H2. The molecule has 1 N–H and O–H groups in total. The number of rotatable bonds is 5. The predicted octanol–water partition coefficient (Wildman–Crippen LogP) is 2.08. The third-order valence-corrected chi connectivity index (χ3v) is 6.31. The van der Waals surface area contributed by atoms with E-state index < -0.39 is 0 Å². The Morgan fingerprint density at radius 1 is 1.32 bits per heavy atom. The Hall–Kier alpha value is -1.92. The Kier molecular flexibility index (Phi) is 4.48. The molecule has 6 heteroatoms. The number of carbonyl (C=O) groups is 1. The number of thiophene rings is 1. The van der Waals surface area contributed by atoms with E-state index >= 15 is 0 Å². The van der Waals surface area contributed by atoms with Gasteiger partial charge in [0.1, 0.15) is 6.54 Å². The number of hydrogen-bond acceptors (Lipinski definition) is 4. The minimum Gasteiger partial charge on any atom is -0.333 e. The number of nitrogens with one attached hydrogen (secondary N) is 1. The van der Waals surface area contributed by atoms with Gasteiger partial charge in [0.05, 0.1) is 0 Å². The van der Waals surface area contributed by atoms with Gasteiger partial charge < -0.3 is 14.8 Å². The summed E-state index contributed by atoms with van der Waals surface area (Å²) in [5, 5.41) is 7.57. The molecule has 25 heavy (non-hydrogen) atoms. The van der Waals surface area contributed by atoms with Crippen LogP contribution in [0.4, 0.5) is 0 Å². The van der Waals surface area contributed by atoms with Crippen molar-refractivity contribution in [2.45, 2.75) is 38.4 Å². The second kappa shape index (κ2) is 6.77. The first kappa shape index (κ1) is 16.5. The van der Waals surface area contributed by atoms with Crippen LogP contribution in [-0.4, -0.2) is 34.5 Å². The molecule has 3 heterocycles. The van der Waals surface area contributed by atoms with Crippen LogP contribution in [0.15, 0.2) is 46.0 Å². The summed E-state index contributed by atoms with van der Waals surface area (Å²) < 4.78 is 1.50. The molecule has 1 saturated carbocycles. The summed E-state index contributed by atoms with van der Waals surface area (Å²) in [7, 11) is 0. The molecule has 2 aromatic heterocycles. The number of hydrogen-bond donors (Lipinski definition) is 1. The van der Waals surface area contributed by atoms with Crippen LogP contribution in [0.3, 0.4) is 0 Å². The maximum atomic E-state index is 13.1. The number of nitrogens with zero attached hydrogens (tertiary/aromatic N) is 2. The minimum atomic E-state index is -0.126. The lowest BCUT2D eigenvalue weighted by molar-refractivity contribution is -0.133. The SMILES string of the molecule is O=C(Cn1ccccc1=O)N(Cc1ccsc1)C1CC12CCNCC2. The van der Waals surface area contributed by atoms with Crippen molar-refractivity contribution in [3.63, 3.8) is 0 Å². The zero-order valence-electron chi connectivity index (χ0n) is 14.2. The van der Waals surface area contributed by atoms with Gasteiger partial charge in [0.2, 0.25) is 5.91 Å². The molecular formula is C19H23N3O2S. The highest BCUT2D eigenvalue weighted by Crippen LogP contribution is 2.56. The van der Waals surface area contributed by atoms with Gasteiger partial charge in [-0.15, -0.1) is 0 Å². The summed E-state index contributed by atoms with van der Waals surface area (Å²) in [5.74, 6) is 0.0416. The number of piperidine rings is 1. The first-order valence-corrected chi connectivity index (χ1v) is 9.79. The molecule has 1 aliphatic heterocycles. The molecule has 1 unspecified atom stereocenters. The van der Waals surface area contributed by atoms with E-state index in [0.717, 1.165) is 32.4 Å². The average Bonchev–Trinajstić information content (AvgIpc) is 3.06. The van der Waals surface area contributed by atoms with Gasteiger partial charge in [-0.2, -0.15) is 11.3 Å². The van der Waals surface area contributed by atoms with E-state index in [9.17, 15) is 9.59 Å². The van der Waals surface area contributed by atoms with Gasteiger partial charge in [-0.1, -0.05) is 6.07 Å². The molecule has 1 spiro atoms. The lowest BCUT2D eigenvalue weighted by Crippen LogP contribution is -2.41. The molecule has 4 rings (SSSR count). The quantitative estimate of drug-likeness (QED) is 0.891. The molecule has 0 aromatic carbocycles. The zero-order chi connectivity index (χ0) is 17.3. The van der Waals surface area contributed by atoms with Crippen LogP contribution in [-0.2, 0) is 17.9 Å². The Balaban J connectivity index is 1.54. The monoisotopic (exact) mass is 357 g/mol. The molecule has 2 aromatic rings. The van der Waals surface area contributed by atoms with Gasteiger partial charge in [0.25, 0.3) is 5.56 Å². The second-order valence-electron chi connectivity index (χ2n) is 7.15. The van der Waals surface area contributed by atoms with Gasteiger partial charge in [0, 0.05) is 24.8 Å². The molecule has 5 nitrogen and oxygen atoms in total. The molecule has 0 bridgehead atoms. The first-order valence-electron chi connectivity index (χ1n) is 8.85. The molecule has 1 saturated heterocycles. The Labute approximate surface area is 151 Å². The van der Waals surface area contributed by atoms with Crippen molar-refractivity contribution in [2.24, 2.45) is 5.41 Å². The van der Waals surface area contributed by atoms with Crippen LogP contribution < -0.4 is 10.9 Å². The molecule has 1 aliphatic carbocycles. The zero-order valence-corrected chi connectivity index (χ0v) is 15.0. The van der Waals surface area contributed by atoms with Crippen LogP contribution >= 0.6 is 11.3 Å². The van der Waals surface area contributed by atoms with Gasteiger partial charge in [-0.3, -0.25) is 9.59 Å². The van der Waals surface area contributed by atoms with E-state index in [2.05, 4.69) is 16.8 Å². The minimum absolute atomic E-state index is 0.0416. The molecular weight excluding hydrogens is 334 g/mol. The van der Waals surface area contributed by atoms with Crippen LogP contribution in [0, 0.1) is 5.41 Å². The van der Waals surface area contributed by atoms with Crippen molar-refractivity contribution in [1.29, 1.82) is 0 Å². The number of pyridine rings is 1. The highest BCUT2D eigenvalue weighted by Gasteiger charge is 2.57. The fourth-order valence-electron chi connectivity index (χ4n) is 4.01. The third kappa shape index (κ3) is 3.41. The predicted molar refractivity (Wildman–Crippen MR) is 98.5 cm³/mol. The third-order valence-electron chi connectivity index (χ3n) is 5.58. The van der Waals surface area contributed by atoms with Gasteiger partial charge in [-0.05, 0) is 66.2 Å². The largest absolute Gasteiger partial charge is 0.333 e. The summed E-state index contributed by atoms with van der Waals surface area (Å²) in [5.41, 5.74) is 1.34. The lowest BCUT2D eigenvalue weighted by atomic mass is 9.93. The van der Waals surface area contributed by atoms with Crippen molar-refractivity contribution in [1.82, 2.24) is 14.8 Å². The Bertz CT molecular complexity index is 793. The van der Waals surface area contributed by atoms with Gasteiger partial charge >= 0.3 is 0 Å². The molecule has 132 valence electrons. The fourth-order valence-corrected chi connectivity index (χ4v) is 4.67. The second-order valence-corrected chi connectivity index (χ2v) is 7.93. The lowest BCUT2D eigenvalue weighted by Gasteiger charge is -2.29. The Morgan fingerprint density at radius 3 is 2.88 bits per heavy atom. The van der Waals surface area contributed by atoms with Gasteiger partial charge in [0.15, 0.2) is 0 Å². The maximum absolute atomic E-state index is 13.1. The first-order chi connectivity index (χ1) is 12.2. The summed E-state index contributed by atoms with van der Waals surface area (Å²) in [6.45, 7) is 2.84. The molecule has 0 radical (unpaired) electrons. The Morgan fingerprint density at radius 2 is 2.16 bits per heavy atom. The van der Waals surface area contributed by atoms with Crippen molar-refractivity contribution in [3.8, 4) is 0 Å². The van der Waals surface area contributed by atoms with Crippen LogP contribution in [0.2, 0.25) is 0 Å². The summed E-state index contributed by atoms with van der Waals surface area (Å²) >= 11 is 1.66. The number of amides is 1. The van der Waals surface area contributed by atoms with Crippen molar-refractivity contribution in [3.05, 3.63) is 57.1 Å². The van der Waals surface area contributed by atoms with Gasteiger partial charge in [-0.25, -0.2) is 0 Å². The fraction of sp³-hybridized carbons (Fsp3) is 0.474. The highest BCUT2D eigenvalue weighted by molar-refractivity contribution is 7.07. The van der Waals surface area contributed by atoms with Crippen LogP contribution in [0.1, 0.15) is 24.8 Å². The number of aromatic nitrogens is 1. The number of carbonyl (C=O) groups excluding carboxylic acids is 1. The van der Waals surface area contributed by atoms with Crippen molar-refractivity contribution < 1.29 is 4.79 Å². The van der Waals surface area contributed by atoms with E-state index in [0.29, 0.717) is 18.0 Å². The summed E-state index contributed by atoms with van der Waals surface area (Å²) in [6.07, 6.45) is 5.05. The van der Waals surface area contributed by atoms with E-state index in [1.807, 2.05) is 10.3 Å². The van der Waals surface area contributed by atoms with Crippen LogP contribution in [0.5, 0.6) is 0 Å². The maximum Gasteiger partial charge on any atom is 0.250 e. The van der Waals surface area contributed by atoms with Crippen molar-refractivity contribution in [2.75, 3.05) is 13.1 Å². The molecule has 1 atom stereocenters. The highest BCUT2D eigenvalue weighted by atomic mass is 32.1. The van der Waals surface area contributed by atoms with E-state index in [1.54, 1.807) is 29.7 Å². The molecule has 2 fully saturated rings. The summed E-state index contributed by atoms with van der Waals surface area (Å²) in [6, 6.07) is 7.39. The summed E-state index contributed by atoms with van der Waals surface area (Å²) in [4.78, 5) is 27.0. The van der Waals surface area contributed by atoms with Crippen LogP contribution in [0.25, 0.3) is 0 Å². The molecule has 1 amide bonds. The van der Waals surface area contributed by atoms with Crippen molar-refractivity contribution >= 4 is 17.2 Å². The van der Waals surface area contributed by atoms with E-state index in [-0.39, 0.29) is 18.0 Å².